The number of benzene rings is 7. The average Bonchev–Trinajstić information content (AvgIpc) is 4.14. The Balaban J connectivity index is 0.000000130. The quantitative estimate of drug-likeness (QED) is 0.0496. The van der Waals surface area contributed by atoms with E-state index in [1.807, 2.05) is 88.0 Å². The lowest BCUT2D eigenvalue weighted by atomic mass is 10.2. The summed E-state index contributed by atoms with van der Waals surface area (Å²) in [7, 11) is 5.65. The fourth-order valence-corrected chi connectivity index (χ4v) is 10.1. The van der Waals surface area contributed by atoms with E-state index in [-0.39, 0.29) is 5.43 Å². The molecule has 406 valence electrons. The number of pyridine rings is 3. The van der Waals surface area contributed by atoms with Crippen LogP contribution in [0.15, 0.2) is 204 Å². The molecular weight excluding hydrogens is 1080 g/mol. The van der Waals surface area contributed by atoms with Gasteiger partial charge in [0, 0.05) is 92.8 Å². The van der Waals surface area contributed by atoms with Crippen LogP contribution in [0.5, 0.6) is 5.75 Å². The molecule has 0 bridgehead atoms. The van der Waals surface area contributed by atoms with Crippen LogP contribution in [-0.4, -0.2) is 58.8 Å². The summed E-state index contributed by atoms with van der Waals surface area (Å²) in [6.45, 7) is 4.33. The van der Waals surface area contributed by atoms with Gasteiger partial charge >= 0.3 is 0 Å². The zero-order chi connectivity index (χ0) is 56.7. The number of rotatable bonds is 3. The van der Waals surface area contributed by atoms with E-state index in [0.29, 0.717) is 34.1 Å². The average molecular weight is 1150 g/mol. The minimum absolute atomic E-state index is 0.0400. The lowest BCUT2D eigenvalue weighted by Crippen LogP contribution is -2.21. The Morgan fingerprint density at radius 2 is 1.24 bits per heavy atom. The van der Waals surface area contributed by atoms with Gasteiger partial charge in [-0.1, -0.05) is 48.5 Å². The second-order valence-electron chi connectivity index (χ2n) is 18.8. The molecule has 1 aliphatic carbocycles. The number of hydrogen-bond donors (Lipinski definition) is 7. The highest BCUT2D eigenvalue weighted by Gasteiger charge is 2.13. The van der Waals surface area contributed by atoms with Gasteiger partial charge in [0.15, 0.2) is 5.43 Å². The van der Waals surface area contributed by atoms with Gasteiger partial charge in [-0.2, -0.15) is 0 Å². The molecule has 0 radical (unpaired) electrons. The minimum atomic E-state index is -0.0400. The number of nitrogens with two attached hydrogens (primary N) is 6. The van der Waals surface area contributed by atoms with Crippen molar-refractivity contribution >= 4 is 110 Å². The first-order valence-electron chi connectivity index (χ1n) is 25.7. The number of fused-ring (bicyclic) bond motifs is 6. The van der Waals surface area contributed by atoms with Crippen molar-refractivity contribution in [2.45, 2.75) is 19.8 Å². The van der Waals surface area contributed by atoms with Crippen LogP contribution in [0, 0.1) is 6.92 Å². The van der Waals surface area contributed by atoms with Crippen molar-refractivity contribution in [1.29, 1.82) is 0 Å². The third kappa shape index (κ3) is 14.6. The summed E-state index contributed by atoms with van der Waals surface area (Å²) in [6, 6.07) is 58.8. The van der Waals surface area contributed by atoms with Gasteiger partial charge in [-0.05, 0) is 151 Å². The van der Waals surface area contributed by atoms with E-state index >= 15 is 0 Å². The highest BCUT2D eigenvalue weighted by Crippen LogP contribution is 2.33. The third-order valence-electron chi connectivity index (χ3n) is 12.8. The molecular formula is C63H65BrN13O2S+. The molecule has 3 aliphatic rings. The van der Waals surface area contributed by atoms with E-state index in [4.69, 9.17) is 39.1 Å². The smallest absolute Gasteiger partial charge is 0.201 e. The monoisotopic (exact) mass is 1150 g/mol. The second-order valence-corrected chi connectivity index (χ2v) is 20.7. The number of para-hydroxylation sites is 3. The maximum atomic E-state index is 11.3. The number of aromatic nitrogens is 5. The maximum absolute atomic E-state index is 11.3. The molecule has 17 heteroatoms. The summed E-state index contributed by atoms with van der Waals surface area (Å²) in [5.41, 5.74) is 44.8. The fraction of sp³-hybridized carbons (Fsp3) is 0.127. The number of nitrogen functional groups attached to an aromatic ring is 6. The Morgan fingerprint density at radius 3 is 1.86 bits per heavy atom. The van der Waals surface area contributed by atoms with Crippen molar-refractivity contribution < 1.29 is 4.74 Å². The summed E-state index contributed by atoms with van der Waals surface area (Å²) < 4.78 is 11.4. The van der Waals surface area contributed by atoms with Crippen LogP contribution in [0.4, 0.5) is 40.1 Å². The number of halogens is 1. The van der Waals surface area contributed by atoms with Gasteiger partial charge in [0.05, 0.1) is 55.8 Å². The Kier molecular flexibility index (Phi) is 19.0. The highest BCUT2D eigenvalue weighted by atomic mass is 79.9. The van der Waals surface area contributed by atoms with Gasteiger partial charge in [0.2, 0.25) is 5.36 Å². The van der Waals surface area contributed by atoms with Crippen molar-refractivity contribution in [2.24, 2.45) is 0 Å². The molecule has 80 heavy (non-hydrogen) atoms. The van der Waals surface area contributed by atoms with E-state index in [1.165, 1.54) is 69.7 Å². The van der Waals surface area contributed by atoms with Crippen LogP contribution >= 0.6 is 27.3 Å². The number of nitrogens with zero attached hydrogens (tertiary/aromatic N) is 6. The summed E-state index contributed by atoms with van der Waals surface area (Å²) >= 11 is 5.04. The van der Waals surface area contributed by atoms with Crippen molar-refractivity contribution in [3.8, 4) is 22.0 Å². The topological polar surface area (TPSA) is 248 Å². The number of H-pyrrole nitrogens is 1. The molecule has 0 spiro atoms. The number of hydrogen-bond acceptors (Lipinski definition) is 13. The van der Waals surface area contributed by atoms with E-state index < -0.39 is 0 Å². The normalized spacial score (nSPS) is 11.4. The molecule has 4 aromatic heterocycles. The zero-order valence-electron chi connectivity index (χ0n) is 45.1. The predicted molar refractivity (Wildman–Crippen MR) is 341 cm³/mol. The van der Waals surface area contributed by atoms with E-state index in [0.717, 1.165) is 48.7 Å². The van der Waals surface area contributed by atoms with Crippen LogP contribution < -0.4 is 59.4 Å². The van der Waals surface area contributed by atoms with Crippen LogP contribution in [0.25, 0.3) is 59.2 Å². The van der Waals surface area contributed by atoms with E-state index in [9.17, 15) is 4.79 Å². The van der Waals surface area contributed by atoms with Crippen molar-refractivity contribution in [3.05, 3.63) is 220 Å². The van der Waals surface area contributed by atoms with Crippen molar-refractivity contribution in [3.63, 3.8) is 0 Å². The third-order valence-corrected chi connectivity index (χ3v) is 14.8. The van der Waals surface area contributed by atoms with Gasteiger partial charge < -0.3 is 53.6 Å². The Hall–Kier alpha value is -9.45. The SMILES string of the molecule is COc1ccc(N)cc1N.C[N+](C)=c1ccc2nc3ccc(N)cc3sc-2c1.Cc1nc(N)ccc1Br.Nc1cc(=O)c2ccccc2[nH]1.Nc1ccc(-n2c3ccccc3c3ccccc32)cc1.c1cc(N2CCCC2)ccn1. The van der Waals surface area contributed by atoms with Crippen LogP contribution in [-0.2, 0) is 0 Å². The first-order valence-corrected chi connectivity index (χ1v) is 27.3. The molecule has 0 saturated carbocycles. The largest absolute Gasteiger partial charge is 0.495 e. The molecule has 15 nitrogen and oxygen atoms in total. The minimum Gasteiger partial charge on any atom is -0.495 e. The molecule has 1 fully saturated rings. The van der Waals surface area contributed by atoms with Gasteiger partial charge in [-0.25, -0.2) is 14.5 Å². The molecule has 1 saturated heterocycles. The number of aryl methyl sites for hydroxylation is 1. The van der Waals surface area contributed by atoms with E-state index in [2.05, 4.69) is 141 Å². The van der Waals surface area contributed by atoms with Crippen LogP contribution in [0.2, 0.25) is 0 Å². The second kappa shape index (κ2) is 26.7. The van der Waals surface area contributed by atoms with Gasteiger partial charge in [0.1, 0.15) is 31.5 Å². The van der Waals surface area contributed by atoms with Crippen LogP contribution in [0.1, 0.15) is 18.5 Å². The molecule has 0 unspecified atom stereocenters. The summed E-state index contributed by atoms with van der Waals surface area (Å²) in [6.07, 6.45) is 6.38. The number of aromatic amines is 1. The molecule has 13 N–H and O–H groups in total. The first kappa shape index (κ1) is 56.7. The van der Waals surface area contributed by atoms with Crippen molar-refractivity contribution in [2.75, 3.05) is 73.6 Å². The molecule has 6 aromatic carbocycles. The standard InChI is InChI=1S/C18H14N2.C14H13N3S.C9H8N2O.C9H12N2.C7H10N2O.C6H7BrN2/c19-13-9-11-14(12-10-13)20-17-7-3-1-5-15(17)16-6-2-4-8-18(16)20;1-17(2)10-4-6-12-14(8-10)18-13-7-9(15)3-5-11(13)16-12;10-9-5-8(12)6-3-1-2-4-7(6)11-9;1-2-8-11(7-1)9-3-5-10-6-4-9;1-10-7-3-2-5(8)4-6(7)9;1-4-5(7)2-3-6(8)9-4/h1-12H,19H2;3-8,15H,1-2H3;1-5H,(H3,10,11,12);3-6H,1-2,7-8H2;2-4H,8-9H2,1H3;2-3H,1H3,(H2,8,9)/p+1. The van der Waals surface area contributed by atoms with Crippen molar-refractivity contribution in [1.82, 2.24) is 29.1 Å². The predicted octanol–water partition coefficient (Wildman–Crippen LogP) is 11.8. The lowest BCUT2D eigenvalue weighted by molar-refractivity contribution is 0.417. The molecule has 13 rings (SSSR count). The van der Waals surface area contributed by atoms with Gasteiger partial charge in [-0.15, -0.1) is 11.3 Å². The maximum Gasteiger partial charge on any atom is 0.201 e. The Morgan fingerprint density at radius 1 is 0.625 bits per heavy atom. The molecule has 2 aliphatic heterocycles. The van der Waals surface area contributed by atoms with Gasteiger partial charge in [0.25, 0.3) is 0 Å². The number of methoxy groups -OCH3 is 1. The molecule has 6 heterocycles. The molecule has 10 aromatic rings. The fourth-order valence-electron chi connectivity index (χ4n) is 8.80. The number of nitrogens with one attached hydrogen (secondary N) is 1. The highest BCUT2D eigenvalue weighted by molar-refractivity contribution is 9.10. The number of ether oxygens (including phenoxy) is 1. The summed E-state index contributed by atoms with van der Waals surface area (Å²) in [4.78, 5) is 30.4. The van der Waals surface area contributed by atoms with Crippen LogP contribution in [0.3, 0.4) is 0 Å². The van der Waals surface area contributed by atoms with Gasteiger partial charge in [-0.3, -0.25) is 9.78 Å². The Labute approximate surface area is 476 Å². The molecule has 0 atom stereocenters. The summed E-state index contributed by atoms with van der Waals surface area (Å²) in [5, 5.41) is 4.41. The Bertz CT molecular complexity index is 4070. The lowest BCUT2D eigenvalue weighted by Gasteiger charge is -2.16. The number of anilines is 7. The van der Waals surface area contributed by atoms with E-state index in [1.54, 1.807) is 48.8 Å². The summed E-state index contributed by atoms with van der Waals surface area (Å²) in [5.74, 6) is 1.63. The first-order chi connectivity index (χ1) is 38.6. The zero-order valence-corrected chi connectivity index (χ0v) is 47.5. The molecule has 0 amide bonds.